The lowest BCUT2D eigenvalue weighted by Gasteiger charge is -2.34. The highest BCUT2D eigenvalue weighted by atomic mass is 32.1. The van der Waals surface area contributed by atoms with Crippen LogP contribution >= 0.6 is 22.7 Å². The van der Waals surface area contributed by atoms with Crippen LogP contribution < -0.4 is 14.2 Å². The van der Waals surface area contributed by atoms with E-state index in [1.54, 1.807) is 34.8 Å². The Balaban J connectivity index is 1.40. The number of amides is 1. The van der Waals surface area contributed by atoms with Crippen molar-refractivity contribution in [3.05, 3.63) is 45.6 Å². The standard InChI is InChI=1S/C25H31N3O4S2/c1-4-30-20-14-18(15-21(31-5-2)24(20)32-6-3)25(29)28-11-9-27(10-12-28)16-23-26-19(17-34-23)22-8-7-13-33-22/h7-8,13-15,17H,4-6,9-12,16H2,1-3H3. The molecule has 1 amide bonds. The van der Waals surface area contributed by atoms with Gasteiger partial charge in [-0.2, -0.15) is 0 Å². The molecule has 0 saturated carbocycles. The largest absolute Gasteiger partial charge is 0.490 e. The molecule has 0 radical (unpaired) electrons. The maximum atomic E-state index is 13.3. The van der Waals surface area contributed by atoms with Crippen LogP contribution in [-0.4, -0.2) is 66.7 Å². The lowest BCUT2D eigenvalue weighted by atomic mass is 10.1. The van der Waals surface area contributed by atoms with Crippen LogP contribution in [-0.2, 0) is 6.54 Å². The highest BCUT2D eigenvalue weighted by Gasteiger charge is 2.25. The van der Waals surface area contributed by atoms with Crippen molar-refractivity contribution in [3.63, 3.8) is 0 Å². The molecule has 3 heterocycles. The quantitative estimate of drug-likeness (QED) is 0.388. The van der Waals surface area contributed by atoms with E-state index in [1.165, 1.54) is 4.88 Å². The molecule has 7 nitrogen and oxygen atoms in total. The molecular formula is C25H31N3O4S2. The second-order valence-corrected chi connectivity index (χ2v) is 9.66. The summed E-state index contributed by atoms with van der Waals surface area (Å²) in [6.07, 6.45) is 0. The van der Waals surface area contributed by atoms with Crippen molar-refractivity contribution in [1.29, 1.82) is 0 Å². The zero-order valence-corrected chi connectivity index (χ0v) is 21.5. The van der Waals surface area contributed by atoms with Crippen LogP contribution in [0.3, 0.4) is 0 Å². The van der Waals surface area contributed by atoms with E-state index in [9.17, 15) is 4.79 Å². The maximum absolute atomic E-state index is 13.3. The molecule has 4 rings (SSSR count). The van der Waals surface area contributed by atoms with Gasteiger partial charge in [-0.15, -0.1) is 22.7 Å². The first-order chi connectivity index (χ1) is 16.6. The minimum atomic E-state index is -0.0150. The molecule has 182 valence electrons. The highest BCUT2D eigenvalue weighted by Crippen LogP contribution is 2.39. The molecule has 1 aliphatic rings. The lowest BCUT2D eigenvalue weighted by molar-refractivity contribution is 0.0627. The van der Waals surface area contributed by atoms with E-state index >= 15 is 0 Å². The van der Waals surface area contributed by atoms with Gasteiger partial charge >= 0.3 is 0 Å². The number of carbonyl (C=O) groups excluding carboxylic acids is 1. The van der Waals surface area contributed by atoms with Crippen LogP contribution in [0.5, 0.6) is 17.2 Å². The number of piperazine rings is 1. The van der Waals surface area contributed by atoms with Gasteiger partial charge in [0.15, 0.2) is 11.5 Å². The van der Waals surface area contributed by atoms with E-state index in [-0.39, 0.29) is 5.91 Å². The summed E-state index contributed by atoms with van der Waals surface area (Å²) in [5.74, 6) is 1.63. The number of nitrogens with zero attached hydrogens (tertiary/aromatic N) is 3. The molecule has 1 aliphatic heterocycles. The van der Waals surface area contributed by atoms with Crippen molar-refractivity contribution in [3.8, 4) is 27.8 Å². The molecule has 2 aromatic heterocycles. The Bertz CT molecular complexity index is 1050. The average Bonchev–Trinajstić information content (AvgIpc) is 3.54. The molecular weight excluding hydrogens is 470 g/mol. The Hall–Kier alpha value is -2.62. The van der Waals surface area contributed by atoms with Gasteiger partial charge in [0.2, 0.25) is 5.75 Å². The molecule has 0 atom stereocenters. The lowest BCUT2D eigenvalue weighted by Crippen LogP contribution is -2.48. The number of hydrogen-bond donors (Lipinski definition) is 0. The minimum Gasteiger partial charge on any atom is -0.490 e. The third-order valence-corrected chi connectivity index (χ3v) is 7.23. The van der Waals surface area contributed by atoms with Crippen LogP contribution in [0.4, 0.5) is 0 Å². The van der Waals surface area contributed by atoms with E-state index in [1.807, 2.05) is 31.7 Å². The third-order valence-electron chi connectivity index (χ3n) is 5.50. The first kappa shape index (κ1) is 24.5. The summed E-state index contributed by atoms with van der Waals surface area (Å²) in [5, 5.41) is 5.31. The Morgan fingerprint density at radius 2 is 1.65 bits per heavy atom. The van der Waals surface area contributed by atoms with Crippen molar-refractivity contribution in [2.75, 3.05) is 46.0 Å². The van der Waals surface area contributed by atoms with E-state index < -0.39 is 0 Å². The maximum Gasteiger partial charge on any atom is 0.254 e. The SMILES string of the molecule is CCOc1cc(C(=O)N2CCN(Cc3nc(-c4cccs4)cs3)CC2)cc(OCC)c1OCC. The second-order valence-electron chi connectivity index (χ2n) is 7.77. The molecule has 0 spiro atoms. The molecule has 0 N–H and O–H groups in total. The fraction of sp³-hybridized carbons (Fsp3) is 0.440. The van der Waals surface area contributed by atoms with Crippen molar-refractivity contribution < 1.29 is 19.0 Å². The van der Waals surface area contributed by atoms with E-state index in [2.05, 4.69) is 21.7 Å². The topological polar surface area (TPSA) is 64.1 Å². The Morgan fingerprint density at radius 1 is 0.971 bits per heavy atom. The van der Waals surface area contributed by atoms with Gasteiger partial charge in [0.05, 0.1) is 36.9 Å². The second kappa shape index (κ2) is 11.7. The first-order valence-electron chi connectivity index (χ1n) is 11.7. The summed E-state index contributed by atoms with van der Waals surface area (Å²) in [6, 6.07) is 7.69. The summed E-state index contributed by atoms with van der Waals surface area (Å²) in [4.78, 5) is 23.6. The molecule has 3 aromatic rings. The van der Waals surface area contributed by atoms with Gasteiger partial charge in [-0.25, -0.2) is 4.98 Å². The molecule has 1 fully saturated rings. The van der Waals surface area contributed by atoms with Crippen LogP contribution in [0, 0.1) is 0 Å². The Morgan fingerprint density at radius 3 is 2.24 bits per heavy atom. The molecule has 0 unspecified atom stereocenters. The molecule has 1 aromatic carbocycles. The molecule has 1 saturated heterocycles. The van der Waals surface area contributed by atoms with Crippen molar-refractivity contribution in [2.45, 2.75) is 27.3 Å². The summed E-state index contributed by atoms with van der Waals surface area (Å²) >= 11 is 3.41. The van der Waals surface area contributed by atoms with Crippen molar-refractivity contribution >= 4 is 28.6 Å². The van der Waals surface area contributed by atoms with Gasteiger partial charge in [0.25, 0.3) is 5.91 Å². The number of benzene rings is 1. The number of rotatable bonds is 10. The van der Waals surface area contributed by atoms with E-state index in [0.717, 1.165) is 30.3 Å². The van der Waals surface area contributed by atoms with E-state index in [0.29, 0.717) is 55.7 Å². The van der Waals surface area contributed by atoms with Gasteiger partial charge in [0.1, 0.15) is 5.01 Å². The van der Waals surface area contributed by atoms with Gasteiger partial charge < -0.3 is 19.1 Å². The van der Waals surface area contributed by atoms with Crippen LogP contribution in [0.2, 0.25) is 0 Å². The summed E-state index contributed by atoms with van der Waals surface area (Å²) in [5.41, 5.74) is 1.61. The van der Waals surface area contributed by atoms with Crippen molar-refractivity contribution in [1.82, 2.24) is 14.8 Å². The van der Waals surface area contributed by atoms with Gasteiger partial charge in [-0.1, -0.05) is 6.07 Å². The fourth-order valence-electron chi connectivity index (χ4n) is 3.92. The number of aromatic nitrogens is 1. The Kier molecular flexibility index (Phi) is 8.42. The number of hydrogen-bond acceptors (Lipinski definition) is 8. The number of thiazole rings is 1. The summed E-state index contributed by atoms with van der Waals surface area (Å²) in [6.45, 7) is 11.0. The van der Waals surface area contributed by atoms with Crippen molar-refractivity contribution in [2.24, 2.45) is 0 Å². The number of thiophene rings is 1. The third kappa shape index (κ3) is 5.71. The minimum absolute atomic E-state index is 0.0150. The predicted octanol–water partition coefficient (Wildman–Crippen LogP) is 5.03. The molecule has 34 heavy (non-hydrogen) atoms. The highest BCUT2D eigenvalue weighted by molar-refractivity contribution is 7.14. The molecule has 9 heteroatoms. The number of carbonyl (C=O) groups is 1. The normalized spacial score (nSPS) is 14.3. The average molecular weight is 502 g/mol. The zero-order chi connectivity index (χ0) is 23.9. The van der Waals surface area contributed by atoms with Crippen LogP contribution in [0.25, 0.3) is 10.6 Å². The van der Waals surface area contributed by atoms with E-state index in [4.69, 9.17) is 19.2 Å². The Labute approximate surface area is 208 Å². The van der Waals surface area contributed by atoms with Crippen LogP contribution in [0.1, 0.15) is 36.1 Å². The van der Waals surface area contributed by atoms with Gasteiger partial charge in [-0.3, -0.25) is 9.69 Å². The van der Waals surface area contributed by atoms with Crippen LogP contribution in [0.15, 0.2) is 35.0 Å². The van der Waals surface area contributed by atoms with Gasteiger partial charge in [0, 0.05) is 37.1 Å². The molecule has 0 aliphatic carbocycles. The predicted molar refractivity (Wildman–Crippen MR) is 137 cm³/mol. The smallest absolute Gasteiger partial charge is 0.254 e. The number of ether oxygens (including phenoxy) is 3. The van der Waals surface area contributed by atoms with Gasteiger partial charge in [-0.05, 0) is 44.4 Å². The zero-order valence-electron chi connectivity index (χ0n) is 19.9. The summed E-state index contributed by atoms with van der Waals surface area (Å²) in [7, 11) is 0. The fourth-order valence-corrected chi connectivity index (χ4v) is 5.51. The summed E-state index contributed by atoms with van der Waals surface area (Å²) < 4.78 is 17.3. The molecule has 0 bridgehead atoms. The first-order valence-corrected chi connectivity index (χ1v) is 13.4. The monoisotopic (exact) mass is 501 g/mol.